The van der Waals surface area contributed by atoms with Gasteiger partial charge in [-0.05, 0) is 25.1 Å². The van der Waals surface area contributed by atoms with E-state index in [1.165, 1.54) is 11.3 Å². The van der Waals surface area contributed by atoms with Crippen LogP contribution in [0.2, 0.25) is 0 Å². The lowest BCUT2D eigenvalue weighted by Gasteiger charge is -2.10. The lowest BCUT2D eigenvalue weighted by Crippen LogP contribution is -2.05. The van der Waals surface area contributed by atoms with Crippen molar-refractivity contribution >= 4 is 11.3 Å². The summed E-state index contributed by atoms with van der Waals surface area (Å²) in [6, 6.07) is 3.05. The number of halogens is 2. The summed E-state index contributed by atoms with van der Waals surface area (Å²) in [5.74, 6) is -1.17. The van der Waals surface area contributed by atoms with Crippen molar-refractivity contribution in [1.29, 1.82) is 0 Å². The third-order valence-electron chi connectivity index (χ3n) is 2.39. The molecular formula is C12H11F2NOS. The standard InChI is InChI=1S/C12H11F2NOS/c1-7-15-9(6-17-7)5-12(16)10-4-8(13)2-3-11(10)14/h2-4,6,12,16H,5H2,1H3. The molecule has 1 atom stereocenters. The van der Waals surface area contributed by atoms with Gasteiger partial charge < -0.3 is 5.11 Å². The Morgan fingerprint density at radius 3 is 2.82 bits per heavy atom. The summed E-state index contributed by atoms with van der Waals surface area (Å²) in [6.07, 6.45) is -0.891. The Kier molecular flexibility index (Phi) is 3.49. The molecule has 2 aromatic rings. The molecule has 0 aliphatic rings. The largest absolute Gasteiger partial charge is 0.388 e. The van der Waals surface area contributed by atoms with Crippen LogP contribution in [0.5, 0.6) is 0 Å². The molecule has 0 amide bonds. The smallest absolute Gasteiger partial charge is 0.129 e. The highest BCUT2D eigenvalue weighted by molar-refractivity contribution is 7.09. The van der Waals surface area contributed by atoms with Crippen molar-refractivity contribution in [2.75, 3.05) is 0 Å². The molecule has 0 aliphatic heterocycles. The zero-order valence-electron chi connectivity index (χ0n) is 9.15. The molecule has 0 aliphatic carbocycles. The third-order valence-corrected chi connectivity index (χ3v) is 3.21. The van der Waals surface area contributed by atoms with Crippen molar-refractivity contribution in [3.05, 3.63) is 51.5 Å². The van der Waals surface area contributed by atoms with E-state index in [2.05, 4.69) is 4.98 Å². The molecule has 0 fully saturated rings. The zero-order chi connectivity index (χ0) is 12.4. The second-order valence-electron chi connectivity index (χ2n) is 3.74. The molecule has 0 saturated heterocycles. The van der Waals surface area contributed by atoms with Crippen LogP contribution in [0.25, 0.3) is 0 Å². The number of aliphatic hydroxyl groups excluding tert-OH is 1. The minimum absolute atomic E-state index is 0.0318. The molecule has 1 unspecified atom stereocenters. The van der Waals surface area contributed by atoms with E-state index in [9.17, 15) is 13.9 Å². The summed E-state index contributed by atoms with van der Waals surface area (Å²) in [5, 5.41) is 12.5. The number of rotatable bonds is 3. The van der Waals surface area contributed by atoms with E-state index in [1.807, 2.05) is 6.92 Å². The number of benzene rings is 1. The van der Waals surface area contributed by atoms with Gasteiger partial charge in [-0.2, -0.15) is 0 Å². The van der Waals surface area contributed by atoms with E-state index in [4.69, 9.17) is 0 Å². The van der Waals surface area contributed by atoms with Gasteiger partial charge >= 0.3 is 0 Å². The van der Waals surface area contributed by atoms with Gasteiger partial charge in [0.05, 0.1) is 16.8 Å². The number of aromatic nitrogens is 1. The van der Waals surface area contributed by atoms with Crippen molar-refractivity contribution < 1.29 is 13.9 Å². The first kappa shape index (κ1) is 12.1. The quantitative estimate of drug-likeness (QED) is 0.914. The summed E-state index contributed by atoms with van der Waals surface area (Å²) in [4.78, 5) is 4.17. The Morgan fingerprint density at radius 1 is 1.41 bits per heavy atom. The maximum absolute atomic E-state index is 13.4. The third kappa shape index (κ3) is 2.87. The van der Waals surface area contributed by atoms with E-state index >= 15 is 0 Å². The minimum atomic E-state index is -1.08. The van der Waals surface area contributed by atoms with Crippen LogP contribution in [-0.2, 0) is 6.42 Å². The molecule has 2 rings (SSSR count). The Bertz CT molecular complexity index is 527. The molecule has 90 valence electrons. The first-order valence-electron chi connectivity index (χ1n) is 5.10. The van der Waals surface area contributed by atoms with Crippen molar-refractivity contribution in [3.63, 3.8) is 0 Å². The van der Waals surface area contributed by atoms with Crippen molar-refractivity contribution in [1.82, 2.24) is 4.98 Å². The fourth-order valence-corrected chi connectivity index (χ4v) is 2.21. The Labute approximate surface area is 102 Å². The molecule has 0 radical (unpaired) electrons. The SMILES string of the molecule is Cc1nc(CC(O)c2cc(F)ccc2F)cs1. The van der Waals surface area contributed by atoms with Crippen LogP contribution in [0.1, 0.15) is 22.4 Å². The highest BCUT2D eigenvalue weighted by Crippen LogP contribution is 2.22. The van der Waals surface area contributed by atoms with Gasteiger partial charge in [-0.3, -0.25) is 0 Å². The average Bonchev–Trinajstić information content (AvgIpc) is 2.67. The normalized spacial score (nSPS) is 12.7. The number of thiazole rings is 1. The monoisotopic (exact) mass is 255 g/mol. The molecule has 1 aromatic heterocycles. The number of hydrogen-bond donors (Lipinski definition) is 1. The Morgan fingerprint density at radius 2 is 2.18 bits per heavy atom. The van der Waals surface area contributed by atoms with Crippen LogP contribution in [0, 0.1) is 18.6 Å². The first-order valence-corrected chi connectivity index (χ1v) is 5.98. The predicted octanol–water partition coefficient (Wildman–Crippen LogP) is 3.01. The maximum atomic E-state index is 13.4. The molecule has 1 N–H and O–H groups in total. The number of aryl methyl sites for hydroxylation is 1. The number of hydrogen-bond acceptors (Lipinski definition) is 3. The Hall–Kier alpha value is -1.33. The van der Waals surface area contributed by atoms with Crippen LogP contribution in [0.4, 0.5) is 8.78 Å². The molecule has 0 bridgehead atoms. The van der Waals surface area contributed by atoms with Crippen LogP contribution < -0.4 is 0 Å². The lowest BCUT2D eigenvalue weighted by atomic mass is 10.0. The second kappa shape index (κ2) is 4.89. The summed E-state index contributed by atoms with van der Waals surface area (Å²) in [5.41, 5.74) is 0.652. The van der Waals surface area contributed by atoms with E-state index < -0.39 is 17.7 Å². The molecule has 17 heavy (non-hydrogen) atoms. The minimum Gasteiger partial charge on any atom is -0.388 e. The number of nitrogens with zero attached hydrogens (tertiary/aromatic N) is 1. The number of aliphatic hydroxyl groups is 1. The van der Waals surface area contributed by atoms with Crippen LogP contribution >= 0.6 is 11.3 Å². The Balaban J connectivity index is 2.19. The van der Waals surface area contributed by atoms with Gasteiger partial charge in [0.1, 0.15) is 11.6 Å². The summed E-state index contributed by atoms with van der Waals surface area (Å²) >= 11 is 1.46. The first-order chi connectivity index (χ1) is 8.06. The van der Waals surface area contributed by atoms with E-state index in [1.54, 1.807) is 5.38 Å². The molecular weight excluding hydrogens is 244 g/mol. The highest BCUT2D eigenvalue weighted by atomic mass is 32.1. The van der Waals surface area contributed by atoms with Crippen molar-refractivity contribution in [3.8, 4) is 0 Å². The average molecular weight is 255 g/mol. The van der Waals surface area contributed by atoms with Crippen molar-refractivity contribution in [2.45, 2.75) is 19.4 Å². The van der Waals surface area contributed by atoms with Crippen LogP contribution in [0.3, 0.4) is 0 Å². The van der Waals surface area contributed by atoms with Crippen LogP contribution in [-0.4, -0.2) is 10.1 Å². The van der Waals surface area contributed by atoms with Crippen LogP contribution in [0.15, 0.2) is 23.6 Å². The molecule has 5 heteroatoms. The van der Waals surface area contributed by atoms with Crippen molar-refractivity contribution in [2.24, 2.45) is 0 Å². The van der Waals surface area contributed by atoms with Gasteiger partial charge in [0.15, 0.2) is 0 Å². The summed E-state index contributed by atoms with van der Waals surface area (Å²) < 4.78 is 26.3. The van der Waals surface area contributed by atoms with Gasteiger partial charge in [0.2, 0.25) is 0 Å². The van der Waals surface area contributed by atoms with E-state index in [0.29, 0.717) is 5.69 Å². The summed E-state index contributed by atoms with van der Waals surface area (Å²) in [7, 11) is 0. The van der Waals surface area contributed by atoms with E-state index in [-0.39, 0.29) is 12.0 Å². The molecule has 1 heterocycles. The van der Waals surface area contributed by atoms with E-state index in [0.717, 1.165) is 23.2 Å². The molecule has 0 saturated carbocycles. The maximum Gasteiger partial charge on any atom is 0.129 e. The molecule has 0 spiro atoms. The fraction of sp³-hybridized carbons (Fsp3) is 0.250. The van der Waals surface area contributed by atoms with Gasteiger partial charge in [-0.25, -0.2) is 13.8 Å². The predicted molar refractivity (Wildman–Crippen MR) is 61.9 cm³/mol. The summed E-state index contributed by atoms with van der Waals surface area (Å²) in [6.45, 7) is 1.85. The molecule has 1 aromatic carbocycles. The fourth-order valence-electron chi connectivity index (χ4n) is 1.58. The van der Waals surface area contributed by atoms with Gasteiger partial charge in [0.25, 0.3) is 0 Å². The molecule has 2 nitrogen and oxygen atoms in total. The highest BCUT2D eigenvalue weighted by Gasteiger charge is 2.15. The second-order valence-corrected chi connectivity index (χ2v) is 4.81. The van der Waals surface area contributed by atoms with Gasteiger partial charge in [0, 0.05) is 17.4 Å². The van der Waals surface area contributed by atoms with Gasteiger partial charge in [-0.1, -0.05) is 0 Å². The topological polar surface area (TPSA) is 33.1 Å². The lowest BCUT2D eigenvalue weighted by molar-refractivity contribution is 0.172. The zero-order valence-corrected chi connectivity index (χ0v) is 9.97. The van der Waals surface area contributed by atoms with Gasteiger partial charge in [-0.15, -0.1) is 11.3 Å².